The Morgan fingerprint density at radius 3 is 2.81 bits per heavy atom. The lowest BCUT2D eigenvalue weighted by atomic mass is 9.84. The Kier molecular flexibility index (Phi) is 5.83. The van der Waals surface area contributed by atoms with Gasteiger partial charge < -0.3 is 11.1 Å². The summed E-state index contributed by atoms with van der Waals surface area (Å²) in [6, 6.07) is 0.700. The highest BCUT2D eigenvalue weighted by Crippen LogP contribution is 2.26. The molecule has 0 aromatic heterocycles. The van der Waals surface area contributed by atoms with Gasteiger partial charge in [-0.3, -0.25) is 0 Å². The molecule has 2 rings (SSSR count). The fourth-order valence-corrected chi connectivity index (χ4v) is 5.32. The van der Waals surface area contributed by atoms with Crippen LogP contribution in [-0.4, -0.2) is 41.6 Å². The standard InChI is InChI=1S/C12H24N2S2/c13-7-10-3-1-2-4-12(10)14-8-11-9-15-5-6-16-11/h10-12,14H,1-9,13H2. The van der Waals surface area contributed by atoms with Crippen LogP contribution in [0.5, 0.6) is 0 Å². The lowest BCUT2D eigenvalue weighted by Crippen LogP contribution is -2.44. The Morgan fingerprint density at radius 1 is 1.19 bits per heavy atom. The van der Waals surface area contributed by atoms with Gasteiger partial charge in [-0.15, -0.1) is 0 Å². The predicted molar refractivity (Wildman–Crippen MR) is 76.4 cm³/mol. The average molecular weight is 260 g/mol. The minimum Gasteiger partial charge on any atom is -0.330 e. The van der Waals surface area contributed by atoms with E-state index in [1.807, 2.05) is 0 Å². The van der Waals surface area contributed by atoms with Gasteiger partial charge in [0.2, 0.25) is 0 Å². The number of nitrogens with two attached hydrogens (primary N) is 1. The number of nitrogens with one attached hydrogen (secondary N) is 1. The number of hydrogen-bond acceptors (Lipinski definition) is 4. The molecule has 0 amide bonds. The van der Waals surface area contributed by atoms with Gasteiger partial charge in [-0.2, -0.15) is 23.5 Å². The van der Waals surface area contributed by atoms with Crippen molar-refractivity contribution >= 4 is 23.5 Å². The Labute approximate surface area is 108 Å². The van der Waals surface area contributed by atoms with Crippen molar-refractivity contribution in [1.29, 1.82) is 0 Å². The summed E-state index contributed by atoms with van der Waals surface area (Å²) < 4.78 is 0. The van der Waals surface area contributed by atoms with Gasteiger partial charge in [-0.1, -0.05) is 12.8 Å². The van der Waals surface area contributed by atoms with E-state index in [4.69, 9.17) is 5.73 Å². The van der Waals surface area contributed by atoms with Crippen molar-refractivity contribution in [1.82, 2.24) is 5.32 Å². The first-order valence-electron chi connectivity index (χ1n) is 6.53. The second-order valence-electron chi connectivity index (χ2n) is 4.86. The van der Waals surface area contributed by atoms with E-state index in [0.29, 0.717) is 6.04 Å². The van der Waals surface area contributed by atoms with Crippen LogP contribution in [0.25, 0.3) is 0 Å². The Morgan fingerprint density at radius 2 is 2.06 bits per heavy atom. The monoisotopic (exact) mass is 260 g/mol. The molecule has 2 nitrogen and oxygen atoms in total. The number of thioether (sulfide) groups is 2. The predicted octanol–water partition coefficient (Wildman–Crippen LogP) is 1.94. The van der Waals surface area contributed by atoms with Crippen LogP contribution >= 0.6 is 23.5 Å². The second kappa shape index (κ2) is 7.14. The molecule has 4 heteroatoms. The molecular weight excluding hydrogens is 236 g/mol. The van der Waals surface area contributed by atoms with E-state index in [1.165, 1.54) is 49.5 Å². The van der Waals surface area contributed by atoms with Crippen molar-refractivity contribution in [2.75, 3.05) is 30.3 Å². The van der Waals surface area contributed by atoms with E-state index in [9.17, 15) is 0 Å². The summed E-state index contributed by atoms with van der Waals surface area (Å²) in [5, 5.41) is 4.61. The van der Waals surface area contributed by atoms with Crippen LogP contribution < -0.4 is 11.1 Å². The number of hydrogen-bond donors (Lipinski definition) is 2. The van der Waals surface area contributed by atoms with Gasteiger partial charge in [0, 0.05) is 35.1 Å². The molecule has 3 unspecified atom stereocenters. The topological polar surface area (TPSA) is 38.0 Å². The molecule has 3 atom stereocenters. The number of rotatable bonds is 4. The van der Waals surface area contributed by atoms with Crippen LogP contribution in [0.2, 0.25) is 0 Å². The molecule has 0 bridgehead atoms. The van der Waals surface area contributed by atoms with Crippen LogP contribution in [0.4, 0.5) is 0 Å². The average Bonchev–Trinajstić information content (AvgIpc) is 2.38. The zero-order chi connectivity index (χ0) is 11.2. The SMILES string of the molecule is NCC1CCCCC1NCC1CSCCS1. The summed E-state index contributed by atoms with van der Waals surface area (Å²) >= 11 is 4.26. The van der Waals surface area contributed by atoms with Gasteiger partial charge in [0.05, 0.1) is 0 Å². The molecule has 3 N–H and O–H groups in total. The molecule has 94 valence electrons. The van der Waals surface area contributed by atoms with Crippen molar-refractivity contribution in [3.05, 3.63) is 0 Å². The summed E-state index contributed by atoms with van der Waals surface area (Å²) in [5.41, 5.74) is 5.85. The van der Waals surface area contributed by atoms with Crippen LogP contribution in [-0.2, 0) is 0 Å². The van der Waals surface area contributed by atoms with E-state index in [-0.39, 0.29) is 0 Å². The van der Waals surface area contributed by atoms with E-state index in [2.05, 4.69) is 28.8 Å². The summed E-state index contributed by atoms with van der Waals surface area (Å²) in [5.74, 6) is 4.74. The lowest BCUT2D eigenvalue weighted by Gasteiger charge is -2.33. The van der Waals surface area contributed by atoms with Gasteiger partial charge in [-0.05, 0) is 25.3 Å². The van der Waals surface area contributed by atoms with Crippen LogP contribution in [0.3, 0.4) is 0 Å². The minimum absolute atomic E-state index is 0.700. The van der Waals surface area contributed by atoms with E-state index >= 15 is 0 Å². The highest BCUT2D eigenvalue weighted by Gasteiger charge is 2.24. The van der Waals surface area contributed by atoms with Gasteiger partial charge >= 0.3 is 0 Å². The van der Waals surface area contributed by atoms with Gasteiger partial charge in [0.15, 0.2) is 0 Å². The van der Waals surface area contributed by atoms with E-state index in [0.717, 1.165) is 17.7 Å². The highest BCUT2D eigenvalue weighted by atomic mass is 32.2. The van der Waals surface area contributed by atoms with Gasteiger partial charge in [0.25, 0.3) is 0 Å². The third-order valence-corrected chi connectivity index (χ3v) is 6.55. The third kappa shape index (κ3) is 3.83. The molecule has 2 aliphatic rings. The zero-order valence-electron chi connectivity index (χ0n) is 9.99. The first-order valence-corrected chi connectivity index (χ1v) is 8.73. The third-order valence-electron chi connectivity index (χ3n) is 3.70. The Balaban J connectivity index is 1.70. The molecule has 2 fully saturated rings. The lowest BCUT2D eigenvalue weighted by molar-refractivity contribution is 0.270. The zero-order valence-corrected chi connectivity index (χ0v) is 11.6. The summed E-state index contributed by atoms with van der Waals surface area (Å²) in [6.45, 7) is 2.06. The molecule has 0 aromatic rings. The maximum absolute atomic E-state index is 5.85. The summed E-state index contributed by atoms with van der Waals surface area (Å²) in [4.78, 5) is 0. The molecule has 0 aromatic carbocycles. The van der Waals surface area contributed by atoms with Crippen LogP contribution in [0.1, 0.15) is 25.7 Å². The molecule has 16 heavy (non-hydrogen) atoms. The van der Waals surface area contributed by atoms with Crippen molar-refractivity contribution in [3.63, 3.8) is 0 Å². The Bertz CT molecular complexity index is 195. The quantitative estimate of drug-likeness (QED) is 0.810. The minimum atomic E-state index is 0.700. The largest absolute Gasteiger partial charge is 0.330 e. The second-order valence-corrected chi connectivity index (χ2v) is 7.42. The smallest absolute Gasteiger partial charge is 0.0263 e. The molecule has 1 heterocycles. The molecule has 1 saturated carbocycles. The van der Waals surface area contributed by atoms with Crippen LogP contribution in [0.15, 0.2) is 0 Å². The van der Waals surface area contributed by atoms with Crippen molar-refractivity contribution in [3.8, 4) is 0 Å². The maximum Gasteiger partial charge on any atom is 0.0263 e. The molecule has 0 spiro atoms. The first kappa shape index (κ1) is 13.1. The highest BCUT2D eigenvalue weighted by molar-refractivity contribution is 8.06. The Hall–Kier alpha value is 0.620. The fourth-order valence-electron chi connectivity index (χ4n) is 2.70. The normalized spacial score (nSPS) is 36.2. The molecule has 1 aliphatic carbocycles. The van der Waals surface area contributed by atoms with Gasteiger partial charge in [0.1, 0.15) is 0 Å². The van der Waals surface area contributed by atoms with E-state index in [1.54, 1.807) is 0 Å². The maximum atomic E-state index is 5.85. The summed E-state index contributed by atoms with van der Waals surface area (Å²) in [6.07, 6.45) is 5.45. The fraction of sp³-hybridized carbons (Fsp3) is 1.00. The van der Waals surface area contributed by atoms with E-state index < -0.39 is 0 Å². The molecule has 1 saturated heterocycles. The van der Waals surface area contributed by atoms with Crippen LogP contribution in [0, 0.1) is 5.92 Å². The first-order chi connectivity index (χ1) is 7.90. The van der Waals surface area contributed by atoms with Crippen molar-refractivity contribution < 1.29 is 0 Å². The molecular formula is C12H24N2S2. The molecule has 1 aliphatic heterocycles. The van der Waals surface area contributed by atoms with Crippen molar-refractivity contribution in [2.45, 2.75) is 37.0 Å². The molecule has 0 radical (unpaired) electrons. The van der Waals surface area contributed by atoms with Crippen molar-refractivity contribution in [2.24, 2.45) is 11.7 Å². The summed E-state index contributed by atoms with van der Waals surface area (Å²) in [7, 11) is 0. The van der Waals surface area contributed by atoms with Gasteiger partial charge in [-0.25, -0.2) is 0 Å².